The minimum absolute atomic E-state index is 0.0586. The molecule has 0 saturated carbocycles. The molecule has 0 spiro atoms. The summed E-state index contributed by atoms with van der Waals surface area (Å²) in [6.07, 6.45) is 4.65. The molecule has 7 nitrogen and oxygen atoms in total. The van der Waals surface area contributed by atoms with Crippen LogP contribution in [0.5, 0.6) is 0 Å². The molecule has 0 fully saturated rings. The van der Waals surface area contributed by atoms with Gasteiger partial charge < -0.3 is 16.0 Å². The van der Waals surface area contributed by atoms with Crippen molar-refractivity contribution in [3.8, 4) is 0 Å². The maximum atomic E-state index is 12.1. The van der Waals surface area contributed by atoms with Crippen LogP contribution >= 0.6 is 0 Å². The van der Waals surface area contributed by atoms with Crippen molar-refractivity contribution in [2.24, 2.45) is 4.99 Å². The predicted molar refractivity (Wildman–Crippen MR) is 104 cm³/mol. The highest BCUT2D eigenvalue weighted by Gasteiger charge is 2.04. The van der Waals surface area contributed by atoms with Crippen LogP contribution in [0.2, 0.25) is 0 Å². The number of amides is 1. The Morgan fingerprint density at radius 2 is 2.04 bits per heavy atom. The van der Waals surface area contributed by atoms with E-state index in [0.717, 1.165) is 31.0 Å². The van der Waals surface area contributed by atoms with Gasteiger partial charge in [-0.2, -0.15) is 5.10 Å². The molecule has 7 heteroatoms. The van der Waals surface area contributed by atoms with E-state index in [1.54, 1.807) is 6.20 Å². The van der Waals surface area contributed by atoms with E-state index in [0.29, 0.717) is 25.2 Å². The summed E-state index contributed by atoms with van der Waals surface area (Å²) in [6.45, 7) is 7.51. The number of aliphatic imine (C=N–C) groups is 1. The van der Waals surface area contributed by atoms with E-state index in [-0.39, 0.29) is 5.91 Å². The quantitative estimate of drug-likeness (QED) is 0.362. The van der Waals surface area contributed by atoms with Crippen LogP contribution < -0.4 is 16.0 Å². The largest absolute Gasteiger partial charge is 0.357 e. The third-order valence-electron chi connectivity index (χ3n) is 3.70. The van der Waals surface area contributed by atoms with Gasteiger partial charge in [0.1, 0.15) is 0 Å². The SMILES string of the molecule is CCNC(=NCCCn1cccn1)NCCNC(=O)c1cccc(C)c1. The zero-order chi connectivity index (χ0) is 18.6. The number of aryl methyl sites for hydroxylation is 2. The molecule has 2 rings (SSSR count). The lowest BCUT2D eigenvalue weighted by molar-refractivity contribution is 0.0954. The first-order valence-electron chi connectivity index (χ1n) is 9.03. The molecular formula is C19H28N6O. The van der Waals surface area contributed by atoms with Gasteiger partial charge in [-0.15, -0.1) is 0 Å². The molecule has 26 heavy (non-hydrogen) atoms. The highest BCUT2D eigenvalue weighted by molar-refractivity contribution is 5.94. The molecule has 1 heterocycles. The van der Waals surface area contributed by atoms with E-state index >= 15 is 0 Å². The Morgan fingerprint density at radius 3 is 2.77 bits per heavy atom. The first-order chi connectivity index (χ1) is 12.7. The van der Waals surface area contributed by atoms with Crippen molar-refractivity contribution >= 4 is 11.9 Å². The first kappa shape index (κ1) is 19.5. The van der Waals surface area contributed by atoms with Crippen LogP contribution in [0.15, 0.2) is 47.7 Å². The fraction of sp³-hybridized carbons (Fsp3) is 0.421. The number of nitrogens with zero attached hydrogens (tertiary/aromatic N) is 3. The van der Waals surface area contributed by atoms with E-state index < -0.39 is 0 Å². The molecule has 0 aliphatic heterocycles. The summed E-state index contributed by atoms with van der Waals surface area (Å²) in [4.78, 5) is 16.6. The fourth-order valence-corrected chi connectivity index (χ4v) is 2.44. The van der Waals surface area contributed by atoms with Crippen molar-refractivity contribution in [1.29, 1.82) is 0 Å². The number of hydrogen-bond acceptors (Lipinski definition) is 3. The molecule has 0 aliphatic rings. The number of carbonyl (C=O) groups excluding carboxylic acids is 1. The van der Waals surface area contributed by atoms with E-state index in [9.17, 15) is 4.79 Å². The average Bonchev–Trinajstić information content (AvgIpc) is 3.15. The maximum Gasteiger partial charge on any atom is 0.251 e. The molecule has 0 saturated heterocycles. The Hall–Kier alpha value is -2.83. The lowest BCUT2D eigenvalue weighted by atomic mass is 10.1. The van der Waals surface area contributed by atoms with Crippen molar-refractivity contribution in [3.05, 3.63) is 53.9 Å². The second kappa shape index (κ2) is 10.9. The fourth-order valence-electron chi connectivity index (χ4n) is 2.44. The standard InChI is InChI=1S/C19H28N6O/c1-3-20-19(22-9-5-13-25-14-6-10-24-25)23-12-11-21-18(26)17-8-4-7-16(2)15-17/h4,6-8,10,14-15H,3,5,9,11-13H2,1-2H3,(H,21,26)(H2,20,22,23). The minimum atomic E-state index is -0.0586. The van der Waals surface area contributed by atoms with Crippen molar-refractivity contribution in [3.63, 3.8) is 0 Å². The van der Waals surface area contributed by atoms with Crippen LogP contribution in [0.4, 0.5) is 0 Å². The summed E-state index contributed by atoms with van der Waals surface area (Å²) < 4.78 is 1.90. The van der Waals surface area contributed by atoms with Crippen LogP contribution in [0.3, 0.4) is 0 Å². The maximum absolute atomic E-state index is 12.1. The van der Waals surface area contributed by atoms with Crippen molar-refractivity contribution < 1.29 is 4.79 Å². The molecule has 2 aromatic rings. The van der Waals surface area contributed by atoms with Gasteiger partial charge in [0, 0.05) is 50.7 Å². The lowest BCUT2D eigenvalue weighted by Crippen LogP contribution is -2.41. The summed E-state index contributed by atoms with van der Waals surface area (Å²) in [6, 6.07) is 9.49. The van der Waals surface area contributed by atoms with E-state index in [1.165, 1.54) is 0 Å². The van der Waals surface area contributed by atoms with Crippen molar-refractivity contribution in [2.45, 2.75) is 26.8 Å². The molecule has 140 valence electrons. The molecule has 1 aromatic carbocycles. The van der Waals surface area contributed by atoms with Gasteiger partial charge in [0.2, 0.25) is 0 Å². The van der Waals surface area contributed by atoms with Crippen molar-refractivity contribution in [2.75, 3.05) is 26.2 Å². The number of aromatic nitrogens is 2. The van der Waals surface area contributed by atoms with Crippen LogP contribution in [0.1, 0.15) is 29.3 Å². The predicted octanol–water partition coefficient (Wildman–Crippen LogP) is 1.57. The molecule has 1 aromatic heterocycles. The highest BCUT2D eigenvalue weighted by Crippen LogP contribution is 2.03. The average molecular weight is 356 g/mol. The molecule has 0 atom stereocenters. The molecule has 0 unspecified atom stereocenters. The van der Waals surface area contributed by atoms with Gasteiger partial charge in [-0.3, -0.25) is 14.5 Å². The Morgan fingerprint density at radius 1 is 1.19 bits per heavy atom. The highest BCUT2D eigenvalue weighted by atomic mass is 16.1. The van der Waals surface area contributed by atoms with Gasteiger partial charge in [-0.05, 0) is 38.5 Å². The molecule has 0 aliphatic carbocycles. The number of hydrogen-bond donors (Lipinski definition) is 3. The van der Waals surface area contributed by atoms with Gasteiger partial charge in [-0.1, -0.05) is 17.7 Å². The molecule has 0 bridgehead atoms. The smallest absolute Gasteiger partial charge is 0.251 e. The monoisotopic (exact) mass is 356 g/mol. The third-order valence-corrected chi connectivity index (χ3v) is 3.70. The second-order valence-corrected chi connectivity index (χ2v) is 5.94. The number of benzene rings is 1. The first-order valence-corrected chi connectivity index (χ1v) is 9.03. The van der Waals surface area contributed by atoms with Crippen LogP contribution in [0.25, 0.3) is 0 Å². The number of carbonyl (C=O) groups is 1. The van der Waals surface area contributed by atoms with Crippen LogP contribution in [-0.2, 0) is 6.54 Å². The van der Waals surface area contributed by atoms with Gasteiger partial charge in [0.25, 0.3) is 5.91 Å². The second-order valence-electron chi connectivity index (χ2n) is 5.94. The zero-order valence-corrected chi connectivity index (χ0v) is 15.5. The molecule has 0 radical (unpaired) electrons. The van der Waals surface area contributed by atoms with Crippen LogP contribution in [-0.4, -0.2) is 47.8 Å². The summed E-state index contributed by atoms with van der Waals surface area (Å²) >= 11 is 0. The van der Waals surface area contributed by atoms with Gasteiger partial charge in [-0.25, -0.2) is 0 Å². The topological polar surface area (TPSA) is 83.3 Å². The Bertz CT molecular complexity index is 696. The van der Waals surface area contributed by atoms with E-state index in [2.05, 4.69) is 26.0 Å². The zero-order valence-electron chi connectivity index (χ0n) is 15.5. The number of nitrogens with one attached hydrogen (secondary N) is 3. The molecular weight excluding hydrogens is 328 g/mol. The van der Waals surface area contributed by atoms with Crippen molar-refractivity contribution in [1.82, 2.24) is 25.7 Å². The van der Waals surface area contributed by atoms with Gasteiger partial charge in [0.05, 0.1) is 0 Å². The van der Waals surface area contributed by atoms with Crippen LogP contribution in [0, 0.1) is 6.92 Å². The Labute approximate surface area is 154 Å². The third kappa shape index (κ3) is 6.96. The lowest BCUT2D eigenvalue weighted by Gasteiger charge is -2.12. The Kier molecular flexibility index (Phi) is 8.18. The summed E-state index contributed by atoms with van der Waals surface area (Å²) in [5, 5.41) is 13.5. The van der Waals surface area contributed by atoms with E-state index in [4.69, 9.17) is 0 Å². The van der Waals surface area contributed by atoms with Gasteiger partial charge in [0.15, 0.2) is 5.96 Å². The Balaban J connectivity index is 1.68. The summed E-state index contributed by atoms with van der Waals surface area (Å²) in [5.74, 6) is 0.703. The number of guanidine groups is 1. The minimum Gasteiger partial charge on any atom is -0.357 e. The van der Waals surface area contributed by atoms with E-state index in [1.807, 2.05) is 55.1 Å². The molecule has 3 N–H and O–H groups in total. The summed E-state index contributed by atoms with van der Waals surface area (Å²) in [7, 11) is 0. The number of rotatable bonds is 9. The summed E-state index contributed by atoms with van der Waals surface area (Å²) in [5.41, 5.74) is 1.76. The van der Waals surface area contributed by atoms with Gasteiger partial charge >= 0.3 is 0 Å². The normalized spacial score (nSPS) is 11.2. The molecule has 1 amide bonds.